The van der Waals surface area contributed by atoms with Crippen LogP contribution in [0.2, 0.25) is 5.15 Å². The summed E-state index contributed by atoms with van der Waals surface area (Å²) in [5.74, 6) is 1.58. The number of aliphatic hydroxyl groups excluding tert-OH is 1. The molecule has 0 aromatic carbocycles. The van der Waals surface area contributed by atoms with Gasteiger partial charge < -0.3 is 14.7 Å². The van der Waals surface area contributed by atoms with Crippen molar-refractivity contribution in [2.75, 3.05) is 24.6 Å². The van der Waals surface area contributed by atoms with E-state index in [1.165, 1.54) is 0 Å². The summed E-state index contributed by atoms with van der Waals surface area (Å²) in [6, 6.07) is 0. The molecule has 5 nitrogen and oxygen atoms in total. The Balaban J connectivity index is 2.37. The third-order valence-corrected chi connectivity index (χ3v) is 3.78. The predicted molar refractivity (Wildman–Crippen MR) is 79.4 cm³/mol. The second kappa shape index (κ2) is 5.84. The number of morpholine rings is 1. The van der Waals surface area contributed by atoms with Gasteiger partial charge in [0.2, 0.25) is 0 Å². The first-order chi connectivity index (χ1) is 9.36. The fourth-order valence-corrected chi connectivity index (χ4v) is 2.72. The third kappa shape index (κ3) is 3.22. The Labute approximate surface area is 124 Å². The van der Waals surface area contributed by atoms with Crippen molar-refractivity contribution in [2.24, 2.45) is 0 Å². The Morgan fingerprint density at radius 3 is 2.75 bits per heavy atom. The molecule has 0 aliphatic carbocycles. The van der Waals surface area contributed by atoms with E-state index in [1.807, 2.05) is 27.7 Å². The molecule has 1 fully saturated rings. The third-order valence-electron chi connectivity index (χ3n) is 3.41. The molecule has 0 spiro atoms. The van der Waals surface area contributed by atoms with Gasteiger partial charge in [-0.1, -0.05) is 18.5 Å². The summed E-state index contributed by atoms with van der Waals surface area (Å²) in [7, 11) is 0. The van der Waals surface area contributed by atoms with Gasteiger partial charge in [0.1, 0.15) is 16.8 Å². The van der Waals surface area contributed by atoms with Crippen molar-refractivity contribution in [3.05, 3.63) is 16.5 Å². The van der Waals surface area contributed by atoms with Gasteiger partial charge in [-0.15, -0.1) is 0 Å². The molecule has 0 radical (unpaired) electrons. The number of halogens is 1. The molecule has 1 aliphatic rings. The van der Waals surface area contributed by atoms with E-state index in [9.17, 15) is 5.11 Å². The van der Waals surface area contributed by atoms with Crippen molar-refractivity contribution in [1.29, 1.82) is 0 Å². The Bertz CT molecular complexity index is 494. The van der Waals surface area contributed by atoms with E-state index in [0.29, 0.717) is 18.2 Å². The minimum Gasteiger partial charge on any atom is -0.394 e. The summed E-state index contributed by atoms with van der Waals surface area (Å²) in [6.07, 6.45) is 0.529. The fraction of sp³-hybridized carbons (Fsp3) is 0.714. The zero-order valence-electron chi connectivity index (χ0n) is 12.5. The molecule has 1 aromatic heterocycles. The number of ether oxygens (including phenoxy) is 1. The van der Waals surface area contributed by atoms with Crippen LogP contribution in [0.1, 0.15) is 32.2 Å². The van der Waals surface area contributed by atoms with E-state index in [1.54, 1.807) is 0 Å². The first-order valence-electron chi connectivity index (χ1n) is 6.93. The van der Waals surface area contributed by atoms with E-state index in [0.717, 1.165) is 23.6 Å². The monoisotopic (exact) mass is 299 g/mol. The summed E-state index contributed by atoms with van der Waals surface area (Å²) in [5.41, 5.74) is 0.542. The van der Waals surface area contributed by atoms with Crippen LogP contribution >= 0.6 is 11.6 Å². The van der Waals surface area contributed by atoms with Crippen molar-refractivity contribution in [3.8, 4) is 0 Å². The molecule has 1 aliphatic heterocycles. The molecule has 0 bridgehead atoms. The molecule has 20 heavy (non-hydrogen) atoms. The lowest BCUT2D eigenvalue weighted by molar-refractivity contribution is -0.101. The number of aryl methyl sites for hydroxylation is 1. The first kappa shape index (κ1) is 15.5. The number of aromatic nitrogens is 2. The van der Waals surface area contributed by atoms with Crippen LogP contribution in [0, 0.1) is 6.92 Å². The minimum atomic E-state index is -0.331. The zero-order valence-corrected chi connectivity index (χ0v) is 13.2. The lowest BCUT2D eigenvalue weighted by Gasteiger charge is -2.43. The molecule has 0 amide bonds. The Morgan fingerprint density at radius 1 is 1.45 bits per heavy atom. The maximum absolute atomic E-state index is 9.40. The van der Waals surface area contributed by atoms with Crippen LogP contribution in [0.5, 0.6) is 0 Å². The molecule has 0 saturated carbocycles. The van der Waals surface area contributed by atoms with Crippen LogP contribution in [0.25, 0.3) is 0 Å². The molecular weight excluding hydrogens is 278 g/mol. The molecule has 6 heteroatoms. The van der Waals surface area contributed by atoms with Gasteiger partial charge in [0.05, 0.1) is 18.3 Å². The van der Waals surface area contributed by atoms with Gasteiger partial charge in [-0.3, -0.25) is 0 Å². The first-order valence-corrected chi connectivity index (χ1v) is 7.30. The highest BCUT2D eigenvalue weighted by molar-refractivity contribution is 6.30. The summed E-state index contributed by atoms with van der Waals surface area (Å²) in [4.78, 5) is 11.0. The lowest BCUT2D eigenvalue weighted by Crippen LogP contribution is -2.54. The summed E-state index contributed by atoms with van der Waals surface area (Å²) in [6.45, 7) is 9.27. The maximum atomic E-state index is 9.40. The Morgan fingerprint density at radius 2 is 2.15 bits per heavy atom. The van der Waals surface area contributed by atoms with Crippen molar-refractivity contribution in [3.63, 3.8) is 0 Å². The minimum absolute atomic E-state index is 0.00156. The standard InChI is InChI=1S/C14H22ClN3O2/c1-5-11-16-12(15)9(2)13(17-11)18-6-10(7-19)20-14(3,4)8-18/h10,19H,5-8H2,1-4H3. The van der Waals surface area contributed by atoms with Crippen molar-refractivity contribution in [2.45, 2.75) is 45.8 Å². The largest absolute Gasteiger partial charge is 0.394 e. The zero-order chi connectivity index (χ0) is 14.9. The predicted octanol–water partition coefficient (Wildman–Crippen LogP) is 1.98. The lowest BCUT2D eigenvalue weighted by atomic mass is 10.0. The summed E-state index contributed by atoms with van der Waals surface area (Å²) in [5, 5.41) is 9.90. The number of rotatable bonds is 3. The molecule has 1 atom stereocenters. The van der Waals surface area contributed by atoms with Crippen LogP contribution in [-0.4, -0.2) is 46.5 Å². The second-order valence-electron chi connectivity index (χ2n) is 5.80. The molecule has 2 rings (SSSR count). The number of nitrogens with zero attached hydrogens (tertiary/aromatic N) is 3. The smallest absolute Gasteiger partial charge is 0.137 e. The normalized spacial score (nSPS) is 22.1. The van der Waals surface area contributed by atoms with Crippen molar-refractivity contribution in [1.82, 2.24) is 9.97 Å². The number of hydrogen-bond donors (Lipinski definition) is 1. The van der Waals surface area contributed by atoms with E-state index < -0.39 is 0 Å². The fourth-order valence-electron chi connectivity index (χ4n) is 2.54. The van der Waals surface area contributed by atoms with Gasteiger partial charge in [0, 0.05) is 25.1 Å². The number of hydrogen-bond acceptors (Lipinski definition) is 5. The molecular formula is C14H22ClN3O2. The quantitative estimate of drug-likeness (QED) is 0.865. The highest BCUT2D eigenvalue weighted by atomic mass is 35.5. The van der Waals surface area contributed by atoms with Crippen LogP contribution in [0.15, 0.2) is 0 Å². The number of aliphatic hydroxyl groups is 1. The average molecular weight is 300 g/mol. The van der Waals surface area contributed by atoms with Crippen molar-refractivity contribution < 1.29 is 9.84 Å². The molecule has 112 valence electrons. The van der Waals surface area contributed by atoms with Crippen LogP contribution in [0.4, 0.5) is 5.82 Å². The molecule has 1 N–H and O–H groups in total. The van der Waals surface area contributed by atoms with Crippen LogP contribution in [0.3, 0.4) is 0 Å². The summed E-state index contributed by atoms with van der Waals surface area (Å²) >= 11 is 6.20. The van der Waals surface area contributed by atoms with Gasteiger partial charge in [-0.05, 0) is 20.8 Å². The van der Waals surface area contributed by atoms with Crippen LogP contribution < -0.4 is 4.90 Å². The van der Waals surface area contributed by atoms with E-state index in [2.05, 4.69) is 14.9 Å². The highest BCUT2D eigenvalue weighted by Crippen LogP contribution is 2.29. The van der Waals surface area contributed by atoms with Crippen molar-refractivity contribution >= 4 is 17.4 Å². The van der Waals surface area contributed by atoms with E-state index in [-0.39, 0.29) is 18.3 Å². The average Bonchev–Trinajstić information content (AvgIpc) is 2.39. The molecule has 2 heterocycles. The Kier molecular flexibility index (Phi) is 4.52. The Hall–Kier alpha value is -0.910. The van der Waals surface area contributed by atoms with Crippen LogP contribution in [-0.2, 0) is 11.2 Å². The van der Waals surface area contributed by atoms with Gasteiger partial charge >= 0.3 is 0 Å². The molecule has 1 unspecified atom stereocenters. The van der Waals surface area contributed by atoms with E-state index >= 15 is 0 Å². The maximum Gasteiger partial charge on any atom is 0.137 e. The van der Waals surface area contributed by atoms with Gasteiger partial charge in [-0.2, -0.15) is 0 Å². The molecule has 1 saturated heterocycles. The number of anilines is 1. The summed E-state index contributed by atoms with van der Waals surface area (Å²) < 4.78 is 5.83. The second-order valence-corrected chi connectivity index (χ2v) is 6.15. The SMILES string of the molecule is CCc1nc(Cl)c(C)c(N2CC(CO)OC(C)(C)C2)n1. The van der Waals surface area contributed by atoms with E-state index in [4.69, 9.17) is 16.3 Å². The highest BCUT2D eigenvalue weighted by Gasteiger charge is 2.34. The van der Waals surface area contributed by atoms with Gasteiger partial charge in [0.15, 0.2) is 0 Å². The topological polar surface area (TPSA) is 58.5 Å². The molecule has 1 aromatic rings. The van der Waals surface area contributed by atoms with Gasteiger partial charge in [-0.25, -0.2) is 9.97 Å². The van der Waals surface area contributed by atoms with Gasteiger partial charge in [0.25, 0.3) is 0 Å².